The Morgan fingerprint density at radius 2 is 2.53 bits per heavy atom. The van der Waals surface area contributed by atoms with Crippen molar-refractivity contribution in [3.8, 4) is 0 Å². The van der Waals surface area contributed by atoms with E-state index in [1.165, 1.54) is 0 Å². The highest BCUT2D eigenvalue weighted by Crippen LogP contribution is 2.21. The van der Waals surface area contributed by atoms with E-state index in [1.54, 1.807) is 17.8 Å². The standard InChI is InChI=1S/C12H18N2O3/c1-2-16-12(15)7-10-8-13-14(9-10)11-5-3-4-6-17-11/h8-9,11H,2-7H2,1H3. The molecule has 1 saturated heterocycles. The lowest BCUT2D eigenvalue weighted by Crippen LogP contribution is -2.18. The third-order valence-corrected chi connectivity index (χ3v) is 2.76. The average molecular weight is 238 g/mol. The van der Waals surface area contributed by atoms with Crippen LogP contribution in [0, 0.1) is 0 Å². The molecule has 5 nitrogen and oxygen atoms in total. The van der Waals surface area contributed by atoms with Crippen molar-refractivity contribution < 1.29 is 14.3 Å². The molecule has 1 aromatic heterocycles. The van der Waals surface area contributed by atoms with Gasteiger partial charge < -0.3 is 9.47 Å². The third-order valence-electron chi connectivity index (χ3n) is 2.76. The van der Waals surface area contributed by atoms with Crippen LogP contribution in [0.3, 0.4) is 0 Å². The van der Waals surface area contributed by atoms with Crippen LogP contribution in [-0.2, 0) is 20.7 Å². The van der Waals surface area contributed by atoms with Crippen molar-refractivity contribution in [2.24, 2.45) is 0 Å². The van der Waals surface area contributed by atoms with Crippen LogP contribution in [0.15, 0.2) is 12.4 Å². The van der Waals surface area contributed by atoms with Gasteiger partial charge in [-0.2, -0.15) is 5.10 Å². The topological polar surface area (TPSA) is 53.3 Å². The number of hydrogen-bond acceptors (Lipinski definition) is 4. The fraction of sp³-hybridized carbons (Fsp3) is 0.667. The van der Waals surface area contributed by atoms with Gasteiger partial charge in [0, 0.05) is 18.4 Å². The molecule has 1 fully saturated rings. The number of carbonyl (C=O) groups is 1. The lowest BCUT2D eigenvalue weighted by Gasteiger charge is -2.22. The fourth-order valence-corrected chi connectivity index (χ4v) is 1.94. The van der Waals surface area contributed by atoms with Crippen molar-refractivity contribution in [3.05, 3.63) is 18.0 Å². The molecule has 5 heteroatoms. The SMILES string of the molecule is CCOC(=O)Cc1cnn(C2CCCCO2)c1. The minimum Gasteiger partial charge on any atom is -0.466 e. The van der Waals surface area contributed by atoms with Crippen molar-refractivity contribution in [2.45, 2.75) is 38.8 Å². The van der Waals surface area contributed by atoms with Crippen molar-refractivity contribution in [3.63, 3.8) is 0 Å². The Morgan fingerprint density at radius 3 is 3.24 bits per heavy atom. The molecule has 1 atom stereocenters. The van der Waals surface area contributed by atoms with E-state index in [2.05, 4.69) is 5.10 Å². The molecule has 2 heterocycles. The zero-order valence-corrected chi connectivity index (χ0v) is 10.1. The lowest BCUT2D eigenvalue weighted by molar-refractivity contribution is -0.142. The van der Waals surface area contributed by atoms with E-state index < -0.39 is 0 Å². The molecule has 1 aliphatic rings. The normalized spacial score (nSPS) is 20.2. The molecule has 0 amide bonds. The largest absolute Gasteiger partial charge is 0.466 e. The second-order valence-electron chi connectivity index (χ2n) is 4.13. The first-order valence-electron chi connectivity index (χ1n) is 6.10. The molecule has 2 rings (SSSR count). The number of carbonyl (C=O) groups excluding carboxylic acids is 1. The van der Waals surface area contributed by atoms with Gasteiger partial charge in [0.15, 0.2) is 0 Å². The number of rotatable bonds is 4. The highest BCUT2D eigenvalue weighted by molar-refractivity contribution is 5.72. The van der Waals surface area contributed by atoms with Crippen LogP contribution in [0.25, 0.3) is 0 Å². The van der Waals surface area contributed by atoms with Crippen LogP contribution in [0.4, 0.5) is 0 Å². The Kier molecular flexibility index (Phi) is 4.14. The molecule has 0 spiro atoms. The van der Waals surface area contributed by atoms with E-state index in [-0.39, 0.29) is 18.6 Å². The van der Waals surface area contributed by atoms with Crippen LogP contribution < -0.4 is 0 Å². The first-order valence-corrected chi connectivity index (χ1v) is 6.10. The quantitative estimate of drug-likeness (QED) is 0.749. The monoisotopic (exact) mass is 238 g/mol. The van der Waals surface area contributed by atoms with Crippen molar-refractivity contribution in [2.75, 3.05) is 13.2 Å². The molecule has 1 unspecified atom stereocenters. The van der Waals surface area contributed by atoms with Crippen LogP contribution in [0.1, 0.15) is 38.0 Å². The van der Waals surface area contributed by atoms with Crippen molar-refractivity contribution >= 4 is 5.97 Å². The predicted octanol–water partition coefficient (Wildman–Crippen LogP) is 1.69. The van der Waals surface area contributed by atoms with E-state index in [4.69, 9.17) is 9.47 Å². The molecule has 17 heavy (non-hydrogen) atoms. The van der Waals surface area contributed by atoms with Crippen LogP contribution in [0.5, 0.6) is 0 Å². The first kappa shape index (κ1) is 12.1. The number of nitrogens with zero attached hydrogens (tertiary/aromatic N) is 2. The minimum absolute atomic E-state index is 0.0275. The number of hydrogen-bond donors (Lipinski definition) is 0. The van der Waals surface area contributed by atoms with E-state index in [1.807, 2.05) is 6.20 Å². The summed E-state index contributed by atoms with van der Waals surface area (Å²) in [5.41, 5.74) is 0.873. The minimum atomic E-state index is -0.211. The van der Waals surface area contributed by atoms with Gasteiger partial charge in [-0.25, -0.2) is 4.68 Å². The molecular weight excluding hydrogens is 220 g/mol. The molecule has 1 aliphatic heterocycles. The van der Waals surface area contributed by atoms with Crippen LogP contribution in [-0.4, -0.2) is 29.0 Å². The van der Waals surface area contributed by atoms with E-state index in [9.17, 15) is 4.79 Å². The molecule has 0 radical (unpaired) electrons. The Morgan fingerprint density at radius 1 is 1.65 bits per heavy atom. The zero-order valence-electron chi connectivity index (χ0n) is 10.1. The zero-order chi connectivity index (χ0) is 12.1. The molecule has 1 aromatic rings. The summed E-state index contributed by atoms with van der Waals surface area (Å²) in [6.45, 7) is 3.01. The van der Waals surface area contributed by atoms with Gasteiger partial charge in [-0.1, -0.05) is 0 Å². The molecule has 0 aliphatic carbocycles. The van der Waals surface area contributed by atoms with E-state index in [0.29, 0.717) is 6.61 Å². The average Bonchev–Trinajstić information content (AvgIpc) is 2.79. The molecule has 0 aromatic carbocycles. The highest BCUT2D eigenvalue weighted by atomic mass is 16.5. The third kappa shape index (κ3) is 3.30. The van der Waals surface area contributed by atoms with Crippen molar-refractivity contribution in [1.82, 2.24) is 9.78 Å². The Hall–Kier alpha value is -1.36. The summed E-state index contributed by atoms with van der Waals surface area (Å²) in [6.07, 6.45) is 7.15. The lowest BCUT2D eigenvalue weighted by atomic mass is 10.2. The van der Waals surface area contributed by atoms with Gasteiger partial charge in [0.25, 0.3) is 0 Å². The molecule has 0 saturated carbocycles. The summed E-state index contributed by atoms with van der Waals surface area (Å²) in [5.74, 6) is -0.211. The maximum atomic E-state index is 11.3. The van der Waals surface area contributed by atoms with Gasteiger partial charge >= 0.3 is 5.97 Å². The molecular formula is C12H18N2O3. The maximum Gasteiger partial charge on any atom is 0.310 e. The second-order valence-corrected chi connectivity index (χ2v) is 4.13. The van der Waals surface area contributed by atoms with Gasteiger partial charge in [-0.15, -0.1) is 0 Å². The fourth-order valence-electron chi connectivity index (χ4n) is 1.94. The summed E-state index contributed by atoms with van der Waals surface area (Å²) < 4.78 is 12.3. The number of esters is 1. The van der Waals surface area contributed by atoms with Gasteiger partial charge in [0.05, 0.1) is 19.2 Å². The summed E-state index contributed by atoms with van der Waals surface area (Å²) >= 11 is 0. The summed E-state index contributed by atoms with van der Waals surface area (Å²) in [6, 6.07) is 0. The predicted molar refractivity (Wildman–Crippen MR) is 61.4 cm³/mol. The summed E-state index contributed by atoms with van der Waals surface area (Å²) in [4.78, 5) is 11.3. The molecule has 0 bridgehead atoms. The van der Waals surface area contributed by atoms with Gasteiger partial charge in [0.2, 0.25) is 0 Å². The smallest absolute Gasteiger partial charge is 0.310 e. The second kappa shape index (κ2) is 5.82. The number of ether oxygens (including phenoxy) is 2. The van der Waals surface area contributed by atoms with Crippen LogP contribution in [0.2, 0.25) is 0 Å². The van der Waals surface area contributed by atoms with E-state index in [0.717, 1.165) is 31.4 Å². The Labute approximate surface area is 101 Å². The van der Waals surface area contributed by atoms with Crippen LogP contribution >= 0.6 is 0 Å². The number of aromatic nitrogens is 2. The van der Waals surface area contributed by atoms with Gasteiger partial charge in [0.1, 0.15) is 6.23 Å². The first-order chi connectivity index (χ1) is 8.29. The van der Waals surface area contributed by atoms with Gasteiger partial charge in [-0.05, 0) is 26.2 Å². The van der Waals surface area contributed by atoms with Crippen molar-refractivity contribution in [1.29, 1.82) is 0 Å². The Bertz CT molecular complexity index is 370. The van der Waals surface area contributed by atoms with E-state index >= 15 is 0 Å². The summed E-state index contributed by atoms with van der Waals surface area (Å²) in [7, 11) is 0. The molecule has 94 valence electrons. The molecule has 0 N–H and O–H groups in total. The summed E-state index contributed by atoms with van der Waals surface area (Å²) in [5, 5.41) is 4.24. The maximum absolute atomic E-state index is 11.3. The van der Waals surface area contributed by atoms with Gasteiger partial charge in [-0.3, -0.25) is 4.79 Å². The highest BCUT2D eigenvalue weighted by Gasteiger charge is 2.17. The Balaban J connectivity index is 1.93.